The second kappa shape index (κ2) is 10.7. The first-order chi connectivity index (χ1) is 15.3. The molecule has 1 N–H and O–H groups in total. The molecule has 0 saturated heterocycles. The molecule has 0 aliphatic rings. The van der Waals surface area contributed by atoms with Crippen molar-refractivity contribution in [3.63, 3.8) is 0 Å². The summed E-state index contributed by atoms with van der Waals surface area (Å²) in [6, 6.07) is 20.7. The number of nitrogens with zero attached hydrogens (tertiary/aromatic N) is 2. The predicted molar refractivity (Wildman–Crippen MR) is 126 cm³/mol. The molecule has 3 aromatic rings. The maximum atomic E-state index is 13.4. The first-order valence-corrected chi connectivity index (χ1v) is 10.8. The van der Waals surface area contributed by atoms with E-state index in [0.29, 0.717) is 18.8 Å². The summed E-state index contributed by atoms with van der Waals surface area (Å²) in [4.78, 5) is 29.7. The van der Waals surface area contributed by atoms with Gasteiger partial charge in [-0.05, 0) is 57.0 Å². The number of carbonyl (C=O) groups excluding carboxylic acids is 2. The minimum absolute atomic E-state index is 0.0259. The molecule has 3 amide bonds. The van der Waals surface area contributed by atoms with Gasteiger partial charge in [0.2, 0.25) is 5.91 Å². The molecule has 0 unspecified atom stereocenters. The molecule has 32 heavy (non-hydrogen) atoms. The zero-order valence-corrected chi connectivity index (χ0v) is 19.2. The normalized spacial score (nSPS) is 10.8. The summed E-state index contributed by atoms with van der Waals surface area (Å²) >= 11 is 0. The second-order valence-electron chi connectivity index (χ2n) is 8.21. The number of furan rings is 1. The van der Waals surface area contributed by atoms with Crippen LogP contribution in [-0.2, 0) is 17.9 Å². The molecule has 0 bridgehead atoms. The van der Waals surface area contributed by atoms with Crippen LogP contribution in [0, 0.1) is 13.8 Å². The Morgan fingerprint density at radius 1 is 0.906 bits per heavy atom. The van der Waals surface area contributed by atoms with Gasteiger partial charge in [-0.25, -0.2) is 4.79 Å². The number of rotatable bonds is 8. The first kappa shape index (κ1) is 23.1. The fraction of sp³-hybridized carbons (Fsp3) is 0.308. The Kier molecular flexibility index (Phi) is 7.71. The van der Waals surface area contributed by atoms with Crippen molar-refractivity contribution < 1.29 is 14.0 Å². The van der Waals surface area contributed by atoms with E-state index in [-0.39, 0.29) is 24.5 Å². The van der Waals surface area contributed by atoms with E-state index in [2.05, 4.69) is 5.32 Å². The van der Waals surface area contributed by atoms with Crippen LogP contribution in [-0.4, -0.2) is 34.3 Å². The molecule has 0 aliphatic carbocycles. The lowest BCUT2D eigenvalue weighted by Crippen LogP contribution is -2.47. The number of aryl methyl sites for hydroxylation is 2. The summed E-state index contributed by atoms with van der Waals surface area (Å²) < 4.78 is 5.71. The molecule has 0 radical (unpaired) electrons. The molecule has 6 nitrogen and oxygen atoms in total. The van der Waals surface area contributed by atoms with Gasteiger partial charge in [0.1, 0.15) is 18.1 Å². The summed E-state index contributed by atoms with van der Waals surface area (Å²) in [5, 5.41) is 2.94. The van der Waals surface area contributed by atoms with E-state index in [4.69, 9.17) is 4.42 Å². The first-order valence-electron chi connectivity index (χ1n) is 10.8. The van der Waals surface area contributed by atoms with Gasteiger partial charge in [-0.15, -0.1) is 0 Å². The lowest BCUT2D eigenvalue weighted by Gasteiger charge is -2.30. The van der Waals surface area contributed by atoms with E-state index < -0.39 is 0 Å². The number of amides is 3. The van der Waals surface area contributed by atoms with Crippen molar-refractivity contribution in [3.05, 3.63) is 89.4 Å². The summed E-state index contributed by atoms with van der Waals surface area (Å²) in [7, 11) is 0. The third-order valence-corrected chi connectivity index (χ3v) is 5.29. The standard InChI is InChI=1S/C26H31N3O3/c1-19(2)29(26(31)27-24-13-9-8-10-20(24)3)18-25(30)28(16-22-11-6-5-7-12-22)17-23-15-14-21(4)32-23/h5-15,19H,16-18H2,1-4H3,(H,27,31). The SMILES string of the molecule is Cc1ccc(CN(Cc2ccccc2)C(=O)CN(C(=O)Nc2ccccc2C)C(C)C)o1. The van der Waals surface area contributed by atoms with Gasteiger partial charge in [0.05, 0.1) is 6.54 Å². The number of carbonyl (C=O) groups is 2. The number of urea groups is 1. The Labute approximate surface area is 189 Å². The van der Waals surface area contributed by atoms with Crippen LogP contribution >= 0.6 is 0 Å². The van der Waals surface area contributed by atoms with Crippen LogP contribution in [0.4, 0.5) is 10.5 Å². The van der Waals surface area contributed by atoms with Gasteiger partial charge in [0, 0.05) is 18.3 Å². The Bertz CT molecular complexity index is 1040. The van der Waals surface area contributed by atoms with E-state index in [1.54, 1.807) is 9.80 Å². The van der Waals surface area contributed by atoms with Crippen molar-refractivity contribution in [2.45, 2.75) is 46.8 Å². The van der Waals surface area contributed by atoms with Gasteiger partial charge in [-0.2, -0.15) is 0 Å². The van der Waals surface area contributed by atoms with Gasteiger partial charge in [0.15, 0.2) is 0 Å². The maximum Gasteiger partial charge on any atom is 0.322 e. The zero-order valence-electron chi connectivity index (χ0n) is 19.2. The van der Waals surface area contributed by atoms with Crippen molar-refractivity contribution >= 4 is 17.6 Å². The molecular formula is C26H31N3O3. The fourth-order valence-corrected chi connectivity index (χ4v) is 3.43. The van der Waals surface area contributed by atoms with Crippen LogP contribution in [0.3, 0.4) is 0 Å². The van der Waals surface area contributed by atoms with Gasteiger partial charge in [-0.3, -0.25) is 4.79 Å². The van der Waals surface area contributed by atoms with E-state index in [1.807, 2.05) is 94.4 Å². The highest BCUT2D eigenvalue weighted by molar-refractivity contribution is 5.93. The molecule has 0 aliphatic heterocycles. The number of benzene rings is 2. The topological polar surface area (TPSA) is 65.8 Å². The molecule has 0 fully saturated rings. The van der Waals surface area contributed by atoms with Crippen molar-refractivity contribution in [1.29, 1.82) is 0 Å². The third kappa shape index (κ3) is 6.23. The number of nitrogens with one attached hydrogen (secondary N) is 1. The molecule has 0 atom stereocenters. The summed E-state index contributed by atoms with van der Waals surface area (Å²) in [6.07, 6.45) is 0. The number of anilines is 1. The fourth-order valence-electron chi connectivity index (χ4n) is 3.43. The highest BCUT2D eigenvalue weighted by Crippen LogP contribution is 2.17. The van der Waals surface area contributed by atoms with Crippen LogP contribution in [0.1, 0.15) is 36.5 Å². The van der Waals surface area contributed by atoms with E-state index in [0.717, 1.165) is 22.6 Å². The van der Waals surface area contributed by atoms with Crippen LogP contribution in [0.15, 0.2) is 71.1 Å². The summed E-state index contributed by atoms with van der Waals surface area (Å²) in [5.74, 6) is 1.37. The van der Waals surface area contributed by atoms with Crippen LogP contribution in [0.25, 0.3) is 0 Å². The van der Waals surface area contributed by atoms with E-state index >= 15 is 0 Å². The van der Waals surface area contributed by atoms with E-state index in [9.17, 15) is 9.59 Å². The number of hydrogen-bond donors (Lipinski definition) is 1. The van der Waals surface area contributed by atoms with Gasteiger partial charge in [-0.1, -0.05) is 48.5 Å². The van der Waals surface area contributed by atoms with Gasteiger partial charge in [0.25, 0.3) is 0 Å². The maximum absolute atomic E-state index is 13.4. The molecule has 1 aromatic heterocycles. The average molecular weight is 434 g/mol. The smallest absolute Gasteiger partial charge is 0.322 e. The second-order valence-corrected chi connectivity index (χ2v) is 8.21. The van der Waals surface area contributed by atoms with Crippen molar-refractivity contribution in [2.24, 2.45) is 0 Å². The van der Waals surface area contributed by atoms with Crippen molar-refractivity contribution in [3.8, 4) is 0 Å². The van der Waals surface area contributed by atoms with Crippen molar-refractivity contribution in [1.82, 2.24) is 9.80 Å². The zero-order chi connectivity index (χ0) is 23.1. The van der Waals surface area contributed by atoms with Crippen LogP contribution in [0.5, 0.6) is 0 Å². The largest absolute Gasteiger partial charge is 0.464 e. The minimum atomic E-state index is -0.295. The third-order valence-electron chi connectivity index (χ3n) is 5.29. The van der Waals surface area contributed by atoms with Gasteiger partial charge < -0.3 is 19.5 Å². The minimum Gasteiger partial charge on any atom is -0.464 e. The molecule has 3 rings (SSSR count). The highest BCUT2D eigenvalue weighted by atomic mass is 16.3. The van der Waals surface area contributed by atoms with Gasteiger partial charge >= 0.3 is 6.03 Å². The average Bonchev–Trinajstić information content (AvgIpc) is 3.18. The lowest BCUT2D eigenvalue weighted by atomic mass is 10.2. The highest BCUT2D eigenvalue weighted by Gasteiger charge is 2.25. The number of hydrogen-bond acceptors (Lipinski definition) is 3. The number of para-hydroxylation sites is 1. The lowest BCUT2D eigenvalue weighted by molar-refractivity contribution is -0.133. The Balaban J connectivity index is 1.76. The Hall–Kier alpha value is -3.54. The molecule has 168 valence electrons. The molecule has 2 aromatic carbocycles. The molecule has 1 heterocycles. The molecule has 0 saturated carbocycles. The monoisotopic (exact) mass is 433 g/mol. The van der Waals surface area contributed by atoms with Crippen LogP contribution in [0.2, 0.25) is 0 Å². The quantitative estimate of drug-likeness (QED) is 0.519. The molecule has 0 spiro atoms. The van der Waals surface area contributed by atoms with Crippen molar-refractivity contribution in [2.75, 3.05) is 11.9 Å². The predicted octanol–water partition coefficient (Wildman–Crippen LogP) is 5.37. The summed E-state index contributed by atoms with van der Waals surface area (Å²) in [5.41, 5.74) is 2.72. The molecular weight excluding hydrogens is 402 g/mol. The van der Waals surface area contributed by atoms with E-state index in [1.165, 1.54) is 0 Å². The molecule has 6 heteroatoms. The Morgan fingerprint density at radius 3 is 2.22 bits per heavy atom. The Morgan fingerprint density at radius 2 is 1.59 bits per heavy atom. The van der Waals surface area contributed by atoms with Crippen LogP contribution < -0.4 is 5.32 Å². The summed E-state index contributed by atoms with van der Waals surface area (Å²) in [6.45, 7) is 8.38.